The van der Waals surface area contributed by atoms with Gasteiger partial charge in [0.05, 0.1) is 6.10 Å². The molecule has 4 saturated carbocycles. The Labute approximate surface area is 169 Å². The van der Waals surface area contributed by atoms with E-state index in [1.54, 1.807) is 0 Å². The summed E-state index contributed by atoms with van der Waals surface area (Å²) >= 11 is 0. The van der Waals surface area contributed by atoms with Gasteiger partial charge in [0.15, 0.2) is 0 Å². The summed E-state index contributed by atoms with van der Waals surface area (Å²) in [6.45, 7) is 0.362. The van der Waals surface area contributed by atoms with E-state index in [9.17, 15) is 43.6 Å². The molecular formula is C15H20F5NO7S2. The summed E-state index contributed by atoms with van der Waals surface area (Å²) in [5, 5.41) is -5.84. The summed E-state index contributed by atoms with van der Waals surface area (Å²) in [4.78, 5) is 10.8. The normalized spacial score (nSPS) is 32.8. The molecule has 0 saturated heterocycles. The Morgan fingerprint density at radius 2 is 1.40 bits per heavy atom. The fraction of sp³-hybridized carbons (Fsp3) is 0.933. The lowest BCUT2D eigenvalue weighted by molar-refractivity contribution is -0.257. The molecule has 1 N–H and O–H groups in total. The first-order chi connectivity index (χ1) is 13.5. The minimum Gasteiger partial charge on any atom is -0.445 e. The Hall–Kier alpha value is -1.06. The number of alkyl halides is 5. The molecule has 0 amide bonds. The van der Waals surface area contributed by atoms with Crippen molar-refractivity contribution >= 4 is 26.3 Å². The van der Waals surface area contributed by atoms with Crippen molar-refractivity contribution in [2.75, 3.05) is 0 Å². The smallest absolute Gasteiger partial charge is 0.432 e. The maximum atomic E-state index is 14.2. The molecule has 4 bridgehead atoms. The van der Waals surface area contributed by atoms with Gasteiger partial charge in [-0.25, -0.2) is 8.42 Å². The summed E-state index contributed by atoms with van der Waals surface area (Å²) in [5.74, 6) is -1.45. The molecule has 1 unspecified atom stereocenters. The SMILES string of the molecule is CC(=O)OC(C(F)(F)F)C(F)(F)S(=O)(=O)NS(=O)(=O)OC1C2CC3CC(C2)CC1C3. The highest BCUT2D eigenvalue weighted by Gasteiger charge is 2.67. The zero-order valence-electron chi connectivity index (χ0n) is 15.6. The molecule has 4 aliphatic carbocycles. The first-order valence-corrected chi connectivity index (χ1v) is 12.0. The molecule has 0 spiro atoms. The molecule has 0 aromatic rings. The van der Waals surface area contributed by atoms with E-state index in [1.807, 2.05) is 0 Å². The number of nitrogens with one attached hydrogen (secondary N) is 1. The lowest BCUT2D eigenvalue weighted by atomic mass is 9.55. The summed E-state index contributed by atoms with van der Waals surface area (Å²) in [6.07, 6.45) is -7.72. The van der Waals surface area contributed by atoms with Gasteiger partial charge in [0.25, 0.3) is 16.1 Å². The average Bonchev–Trinajstić information content (AvgIpc) is 2.53. The molecule has 0 aromatic carbocycles. The third kappa shape index (κ3) is 4.58. The number of carbonyl (C=O) groups excluding carboxylic acids is 1. The van der Waals surface area contributed by atoms with E-state index in [0.717, 1.165) is 6.42 Å². The van der Waals surface area contributed by atoms with E-state index in [-0.39, 0.29) is 11.8 Å². The topological polar surface area (TPSA) is 116 Å². The highest BCUT2D eigenvalue weighted by molar-refractivity contribution is 8.03. The molecule has 30 heavy (non-hydrogen) atoms. The van der Waals surface area contributed by atoms with E-state index in [0.29, 0.717) is 48.6 Å². The van der Waals surface area contributed by atoms with Gasteiger partial charge in [0.2, 0.25) is 0 Å². The maximum absolute atomic E-state index is 14.2. The maximum Gasteiger partial charge on any atom is 0.432 e. The lowest BCUT2D eigenvalue weighted by Gasteiger charge is -2.53. The van der Waals surface area contributed by atoms with Crippen molar-refractivity contribution in [3.05, 3.63) is 0 Å². The summed E-state index contributed by atoms with van der Waals surface area (Å²) < 4.78 is 124. The van der Waals surface area contributed by atoms with E-state index in [4.69, 9.17) is 4.18 Å². The highest BCUT2D eigenvalue weighted by Crippen LogP contribution is 2.55. The molecular weight excluding hydrogens is 465 g/mol. The third-order valence-electron chi connectivity index (χ3n) is 5.83. The molecule has 0 heterocycles. The molecule has 1 atom stereocenters. The van der Waals surface area contributed by atoms with Crippen molar-refractivity contribution < 1.29 is 52.5 Å². The highest BCUT2D eigenvalue weighted by atomic mass is 32.3. The van der Waals surface area contributed by atoms with Crippen LogP contribution in [-0.4, -0.2) is 46.4 Å². The predicted molar refractivity (Wildman–Crippen MR) is 89.4 cm³/mol. The van der Waals surface area contributed by atoms with Crippen LogP contribution < -0.4 is 4.13 Å². The summed E-state index contributed by atoms with van der Waals surface area (Å²) in [7, 11) is -11.9. The molecule has 4 rings (SSSR count). The van der Waals surface area contributed by atoms with Gasteiger partial charge in [-0.15, -0.1) is 0 Å². The van der Waals surface area contributed by atoms with Gasteiger partial charge in [0.1, 0.15) is 0 Å². The Bertz CT molecular complexity index is 875. The summed E-state index contributed by atoms with van der Waals surface area (Å²) in [6, 6.07) is 0. The third-order valence-corrected chi connectivity index (χ3v) is 8.93. The van der Waals surface area contributed by atoms with Crippen molar-refractivity contribution in [3.8, 4) is 0 Å². The van der Waals surface area contributed by atoms with Gasteiger partial charge in [-0.05, 0) is 55.8 Å². The van der Waals surface area contributed by atoms with Crippen LogP contribution in [0.4, 0.5) is 22.0 Å². The van der Waals surface area contributed by atoms with Gasteiger partial charge in [-0.2, -0.15) is 30.4 Å². The van der Waals surface area contributed by atoms with E-state index in [1.165, 1.54) is 0 Å². The fourth-order valence-electron chi connectivity index (χ4n) is 5.02. The molecule has 15 heteroatoms. The van der Waals surface area contributed by atoms with Gasteiger partial charge in [-0.1, -0.05) is 4.13 Å². The molecule has 4 aliphatic rings. The van der Waals surface area contributed by atoms with Crippen molar-refractivity contribution in [1.82, 2.24) is 4.13 Å². The number of hydrogen-bond donors (Lipinski definition) is 1. The Kier molecular flexibility index (Phi) is 5.91. The number of hydrogen-bond acceptors (Lipinski definition) is 7. The Morgan fingerprint density at radius 3 is 1.80 bits per heavy atom. The minimum atomic E-state index is -6.52. The zero-order chi connectivity index (χ0) is 22.7. The van der Waals surface area contributed by atoms with Crippen molar-refractivity contribution in [2.45, 2.75) is 62.7 Å². The van der Waals surface area contributed by atoms with Crippen LogP contribution in [0, 0.1) is 23.7 Å². The molecule has 174 valence electrons. The second-order valence-corrected chi connectivity index (χ2v) is 11.4. The van der Waals surface area contributed by atoms with Crippen LogP contribution in [-0.2, 0) is 34.0 Å². The van der Waals surface area contributed by atoms with Crippen LogP contribution in [0.15, 0.2) is 0 Å². The second-order valence-electron chi connectivity index (χ2n) is 8.13. The van der Waals surface area contributed by atoms with Crippen molar-refractivity contribution in [1.29, 1.82) is 0 Å². The summed E-state index contributed by atoms with van der Waals surface area (Å²) in [5.41, 5.74) is 0. The average molecular weight is 485 g/mol. The first-order valence-electron chi connectivity index (χ1n) is 9.10. The van der Waals surface area contributed by atoms with Crippen LogP contribution in [0.2, 0.25) is 0 Å². The lowest BCUT2D eigenvalue weighted by Crippen LogP contribution is -2.57. The second kappa shape index (κ2) is 7.52. The van der Waals surface area contributed by atoms with E-state index < -0.39 is 49.9 Å². The predicted octanol–water partition coefficient (Wildman–Crippen LogP) is 2.08. The van der Waals surface area contributed by atoms with Gasteiger partial charge >= 0.3 is 27.7 Å². The fourth-order valence-corrected chi connectivity index (χ4v) is 7.77. The Balaban J connectivity index is 1.78. The minimum absolute atomic E-state index is 0.204. The first kappa shape index (κ1) is 23.6. The van der Waals surface area contributed by atoms with Gasteiger partial charge in [-0.3, -0.25) is 8.98 Å². The number of rotatable bonds is 7. The van der Waals surface area contributed by atoms with Gasteiger partial charge in [0, 0.05) is 6.92 Å². The van der Waals surface area contributed by atoms with Crippen LogP contribution in [0.25, 0.3) is 0 Å². The van der Waals surface area contributed by atoms with Crippen LogP contribution in [0.1, 0.15) is 39.0 Å². The molecule has 0 aromatic heterocycles. The van der Waals surface area contributed by atoms with Crippen LogP contribution in [0.3, 0.4) is 0 Å². The number of carbonyl (C=O) groups is 1. The van der Waals surface area contributed by atoms with Crippen molar-refractivity contribution in [2.24, 2.45) is 23.7 Å². The standard InChI is InChI=1S/C15H20F5NO7S2/c1-7(22)27-13(14(16,17)18)15(19,20)29(23,24)21-30(25,26)28-12-10-3-8-2-9(5-10)6-11(12)4-8/h8-13,21H,2-6H2,1H3. The van der Waals surface area contributed by atoms with E-state index in [2.05, 4.69) is 4.74 Å². The number of halogens is 5. The largest absolute Gasteiger partial charge is 0.445 e. The number of esters is 1. The molecule has 8 nitrogen and oxygen atoms in total. The molecule has 0 radical (unpaired) electrons. The van der Waals surface area contributed by atoms with Crippen LogP contribution >= 0.6 is 0 Å². The van der Waals surface area contributed by atoms with Gasteiger partial charge < -0.3 is 4.74 Å². The molecule has 4 fully saturated rings. The number of ether oxygens (including phenoxy) is 1. The Morgan fingerprint density at radius 1 is 0.933 bits per heavy atom. The van der Waals surface area contributed by atoms with Crippen LogP contribution in [0.5, 0.6) is 0 Å². The zero-order valence-corrected chi connectivity index (χ0v) is 17.2. The molecule has 0 aliphatic heterocycles. The van der Waals surface area contributed by atoms with E-state index >= 15 is 0 Å². The monoisotopic (exact) mass is 485 g/mol. The number of sulfonamides is 1. The quantitative estimate of drug-likeness (QED) is 0.434. The van der Waals surface area contributed by atoms with Crippen molar-refractivity contribution in [3.63, 3.8) is 0 Å².